The number of anilines is 1. The summed E-state index contributed by atoms with van der Waals surface area (Å²) in [5.74, 6) is -61.3. The van der Waals surface area contributed by atoms with Crippen LogP contribution in [0.2, 0.25) is 0 Å². The monoisotopic (exact) mass is 565 g/mol. The van der Waals surface area contributed by atoms with Gasteiger partial charge in [0.2, 0.25) is 0 Å². The molecule has 0 N–H and O–H groups in total. The van der Waals surface area contributed by atoms with Gasteiger partial charge in [-0.05, 0) is 18.1 Å². The fraction of sp³-hybridized carbons (Fsp3) is 0.588. The molecule has 2 nitrogen and oxygen atoms in total. The first-order valence-electron chi connectivity index (χ1n) is 8.86. The largest absolute Gasteiger partial charge is 0.460 e. The van der Waals surface area contributed by atoms with Crippen molar-refractivity contribution in [3.8, 4) is 0 Å². The molecule has 1 heterocycles. The van der Waals surface area contributed by atoms with E-state index in [0.717, 1.165) is 18.2 Å². The van der Waals surface area contributed by atoms with Crippen molar-refractivity contribution in [2.45, 2.75) is 54.1 Å². The van der Waals surface area contributed by atoms with Crippen LogP contribution >= 0.6 is 0 Å². The molecule has 0 saturated carbocycles. The second kappa shape index (κ2) is 8.00. The molecule has 1 aromatic carbocycles. The lowest BCUT2D eigenvalue weighted by Crippen LogP contribution is -2.75. The van der Waals surface area contributed by atoms with Crippen LogP contribution in [0.5, 0.6) is 0 Å². The van der Waals surface area contributed by atoms with Gasteiger partial charge in [-0.1, -0.05) is 18.2 Å². The predicted octanol–water partition coefficient (Wildman–Crippen LogP) is 6.59. The number of halogens is 17. The summed E-state index contributed by atoms with van der Waals surface area (Å²) in [4.78, 5) is 11.5. The summed E-state index contributed by atoms with van der Waals surface area (Å²) in [5.41, 5.74) is -0.683. The first-order chi connectivity index (χ1) is 15.7. The molecule has 1 aromatic rings. The minimum absolute atomic E-state index is 0.0392. The van der Waals surface area contributed by atoms with Crippen molar-refractivity contribution in [3.63, 3.8) is 0 Å². The van der Waals surface area contributed by atoms with E-state index in [9.17, 15) is 79.4 Å². The Morgan fingerprint density at radius 3 is 1.42 bits per heavy atom. The third-order valence-corrected chi connectivity index (χ3v) is 5.12. The van der Waals surface area contributed by atoms with Crippen LogP contribution in [0.4, 0.5) is 80.3 Å². The zero-order valence-corrected chi connectivity index (χ0v) is 16.5. The highest BCUT2D eigenvalue weighted by atomic mass is 19.4. The standard InChI is InChI=1S/C17H8F17NO/c18-10(19,9(36)35-6-5-7-3-1-2-4-8(7)35)11(20,21)12(22,23)13(24,25)14(26,27)15(28,29)16(30,31)17(32,33)34/h1-4H,5-6H2. The quantitative estimate of drug-likeness (QED) is 0.342. The lowest BCUT2D eigenvalue weighted by molar-refractivity contribution is -0.459. The first-order valence-corrected chi connectivity index (χ1v) is 8.86. The normalized spacial score (nSPS) is 16.9. The first kappa shape index (κ1) is 29.7. The SMILES string of the molecule is O=C(N1CCc2ccccc21)C(F)(F)C(F)(F)C(F)(F)C(F)(F)C(F)(F)C(F)(F)C(F)(F)C(F)(F)F. The highest BCUT2D eigenvalue weighted by molar-refractivity contribution is 6.00. The summed E-state index contributed by atoms with van der Waals surface area (Å²) in [5, 5.41) is 0. The van der Waals surface area contributed by atoms with E-state index in [-0.39, 0.29) is 16.9 Å². The van der Waals surface area contributed by atoms with Gasteiger partial charge in [0.25, 0.3) is 0 Å². The Hall–Kier alpha value is -2.50. The summed E-state index contributed by atoms with van der Waals surface area (Å²) in [6, 6.07) is 4.14. The Balaban J connectivity index is 2.59. The third kappa shape index (κ3) is 3.58. The number of hydrogen-bond donors (Lipinski definition) is 0. The number of benzene rings is 1. The van der Waals surface area contributed by atoms with E-state index in [1.807, 2.05) is 0 Å². The maximum Gasteiger partial charge on any atom is 0.460 e. The molecular formula is C17H8F17NO. The van der Waals surface area contributed by atoms with Crippen LogP contribution in [0.3, 0.4) is 0 Å². The zero-order valence-electron chi connectivity index (χ0n) is 16.5. The van der Waals surface area contributed by atoms with Gasteiger partial charge in [0, 0.05) is 12.2 Å². The van der Waals surface area contributed by atoms with Gasteiger partial charge in [-0.2, -0.15) is 74.6 Å². The van der Waals surface area contributed by atoms with Crippen LogP contribution in [0, 0.1) is 0 Å². The number of hydrogen-bond acceptors (Lipinski definition) is 1. The van der Waals surface area contributed by atoms with Crippen LogP contribution in [0.25, 0.3) is 0 Å². The molecule has 36 heavy (non-hydrogen) atoms. The molecule has 0 atom stereocenters. The third-order valence-electron chi connectivity index (χ3n) is 5.12. The summed E-state index contributed by atoms with van der Waals surface area (Å²) >= 11 is 0. The Kier molecular flexibility index (Phi) is 6.60. The Morgan fingerprint density at radius 2 is 0.972 bits per heavy atom. The topological polar surface area (TPSA) is 20.3 Å². The molecule has 206 valence electrons. The van der Waals surface area contributed by atoms with Gasteiger partial charge in [0.15, 0.2) is 0 Å². The van der Waals surface area contributed by atoms with Crippen molar-refractivity contribution in [1.29, 1.82) is 0 Å². The minimum atomic E-state index is -8.73. The van der Waals surface area contributed by atoms with Crippen molar-refractivity contribution in [3.05, 3.63) is 29.8 Å². The van der Waals surface area contributed by atoms with Gasteiger partial charge in [-0.15, -0.1) is 0 Å². The molecular weight excluding hydrogens is 557 g/mol. The maximum absolute atomic E-state index is 14.2. The van der Waals surface area contributed by atoms with Gasteiger partial charge in [-0.25, -0.2) is 0 Å². The molecule has 0 aliphatic carbocycles. The average Bonchev–Trinajstić information content (AvgIpc) is 3.15. The van der Waals surface area contributed by atoms with Crippen molar-refractivity contribution >= 4 is 11.6 Å². The molecule has 1 aliphatic heterocycles. The van der Waals surface area contributed by atoms with Crippen molar-refractivity contribution in [2.24, 2.45) is 0 Å². The second-order valence-electron chi connectivity index (χ2n) is 7.35. The highest BCUT2D eigenvalue weighted by Crippen LogP contribution is 2.64. The van der Waals surface area contributed by atoms with Crippen LogP contribution in [-0.2, 0) is 11.2 Å². The zero-order chi connectivity index (χ0) is 28.6. The van der Waals surface area contributed by atoms with Gasteiger partial charge in [0.1, 0.15) is 0 Å². The predicted molar refractivity (Wildman–Crippen MR) is 83.2 cm³/mol. The fourth-order valence-electron chi connectivity index (χ4n) is 3.02. The van der Waals surface area contributed by atoms with E-state index in [2.05, 4.69) is 0 Å². The van der Waals surface area contributed by atoms with Crippen molar-refractivity contribution in [1.82, 2.24) is 0 Å². The molecule has 19 heteroatoms. The summed E-state index contributed by atoms with van der Waals surface area (Å²) < 4.78 is 226. The molecule has 2 rings (SSSR count). The number of fused-ring (bicyclic) bond motifs is 1. The van der Waals surface area contributed by atoms with E-state index < -0.39 is 65.8 Å². The van der Waals surface area contributed by atoms with Gasteiger partial charge < -0.3 is 4.90 Å². The van der Waals surface area contributed by atoms with Crippen LogP contribution in [0.15, 0.2) is 24.3 Å². The molecule has 0 fully saturated rings. The number of nitrogens with zero attached hydrogens (tertiary/aromatic N) is 1. The number of carbonyl (C=O) groups is 1. The lowest BCUT2D eigenvalue weighted by atomic mass is 9.88. The number of para-hydroxylation sites is 1. The molecule has 0 saturated heterocycles. The smallest absolute Gasteiger partial charge is 0.306 e. The van der Waals surface area contributed by atoms with Gasteiger partial charge in [0.05, 0.1) is 0 Å². The van der Waals surface area contributed by atoms with E-state index in [4.69, 9.17) is 0 Å². The van der Waals surface area contributed by atoms with Crippen molar-refractivity contribution < 1.29 is 79.4 Å². The van der Waals surface area contributed by atoms with E-state index in [0.29, 0.717) is 0 Å². The van der Waals surface area contributed by atoms with E-state index in [1.165, 1.54) is 6.07 Å². The fourth-order valence-corrected chi connectivity index (χ4v) is 3.02. The molecule has 0 aromatic heterocycles. The molecule has 0 spiro atoms. The van der Waals surface area contributed by atoms with Gasteiger partial charge in [-0.3, -0.25) is 4.79 Å². The molecule has 0 unspecified atom stereocenters. The average molecular weight is 565 g/mol. The van der Waals surface area contributed by atoms with Crippen LogP contribution in [0.1, 0.15) is 5.56 Å². The molecule has 1 amide bonds. The molecule has 0 bridgehead atoms. The van der Waals surface area contributed by atoms with Gasteiger partial charge >= 0.3 is 53.5 Å². The van der Waals surface area contributed by atoms with E-state index >= 15 is 0 Å². The Bertz CT molecular complexity index is 1010. The molecule has 1 aliphatic rings. The Morgan fingerprint density at radius 1 is 0.583 bits per heavy atom. The number of rotatable bonds is 7. The summed E-state index contributed by atoms with van der Waals surface area (Å²) in [6.45, 7) is -0.960. The summed E-state index contributed by atoms with van der Waals surface area (Å²) in [6.07, 6.45) is -8.20. The molecule has 0 radical (unpaired) electrons. The second-order valence-corrected chi connectivity index (χ2v) is 7.35. The number of alkyl halides is 17. The minimum Gasteiger partial charge on any atom is -0.306 e. The number of amides is 1. The number of carbonyl (C=O) groups excluding carboxylic acids is 1. The summed E-state index contributed by atoms with van der Waals surface area (Å²) in [7, 11) is 0. The van der Waals surface area contributed by atoms with Crippen molar-refractivity contribution in [2.75, 3.05) is 11.4 Å². The highest BCUT2D eigenvalue weighted by Gasteiger charge is 2.95. The Labute approximate surface area is 187 Å². The maximum atomic E-state index is 14.2. The van der Waals surface area contributed by atoms with Crippen LogP contribution < -0.4 is 4.90 Å². The van der Waals surface area contributed by atoms with Crippen LogP contribution in [-0.4, -0.2) is 60.1 Å². The van der Waals surface area contributed by atoms with E-state index in [1.54, 1.807) is 0 Å². The lowest BCUT2D eigenvalue weighted by Gasteiger charge is -2.42.